The number of hydrogen-bond donors (Lipinski definition) is 1. The van der Waals surface area contributed by atoms with Crippen molar-refractivity contribution in [3.8, 4) is 0 Å². The van der Waals surface area contributed by atoms with Crippen LogP contribution in [0.4, 0.5) is 0 Å². The van der Waals surface area contributed by atoms with Gasteiger partial charge in [-0.25, -0.2) is 0 Å². The van der Waals surface area contributed by atoms with Gasteiger partial charge in [0.15, 0.2) is 0 Å². The number of nitrogens with one attached hydrogen (secondary N) is 1. The molecule has 2 atom stereocenters. The van der Waals surface area contributed by atoms with E-state index in [1.165, 1.54) is 25.8 Å². The lowest BCUT2D eigenvalue weighted by atomic mass is 9.94. The molecule has 1 fully saturated rings. The maximum atomic E-state index is 3.66. The number of rotatable bonds is 4. The first-order chi connectivity index (χ1) is 7.00. The molecule has 0 aromatic rings. The molecule has 90 valence electrons. The van der Waals surface area contributed by atoms with Crippen LogP contribution in [-0.4, -0.2) is 35.6 Å². The molecule has 0 aromatic heterocycles. The molecule has 1 heterocycles. The van der Waals surface area contributed by atoms with E-state index in [9.17, 15) is 0 Å². The Morgan fingerprint density at radius 1 is 1.40 bits per heavy atom. The molecule has 0 radical (unpaired) electrons. The van der Waals surface area contributed by atoms with E-state index < -0.39 is 0 Å². The van der Waals surface area contributed by atoms with Crippen molar-refractivity contribution < 1.29 is 0 Å². The fourth-order valence-electron chi connectivity index (χ4n) is 2.50. The second-order valence-corrected chi connectivity index (χ2v) is 5.64. The molecular weight excluding hydrogens is 184 g/mol. The Hall–Kier alpha value is -0.0800. The van der Waals surface area contributed by atoms with Crippen LogP contribution in [0.25, 0.3) is 0 Å². The van der Waals surface area contributed by atoms with Gasteiger partial charge in [0.25, 0.3) is 0 Å². The third-order valence-electron chi connectivity index (χ3n) is 3.64. The average Bonchev–Trinajstić information content (AvgIpc) is 2.19. The van der Waals surface area contributed by atoms with Crippen LogP contribution in [0.15, 0.2) is 0 Å². The quantitative estimate of drug-likeness (QED) is 0.770. The van der Waals surface area contributed by atoms with E-state index in [1.54, 1.807) is 0 Å². The predicted molar refractivity (Wildman–Crippen MR) is 67.2 cm³/mol. The molecule has 0 saturated carbocycles. The molecule has 15 heavy (non-hydrogen) atoms. The van der Waals surface area contributed by atoms with Crippen LogP contribution in [0.1, 0.15) is 53.9 Å². The Bertz CT molecular complexity index is 189. The van der Waals surface area contributed by atoms with Crippen LogP contribution >= 0.6 is 0 Å². The summed E-state index contributed by atoms with van der Waals surface area (Å²) in [5.74, 6) is 0. The highest BCUT2D eigenvalue weighted by Gasteiger charge is 2.33. The molecule has 0 amide bonds. The SMILES string of the molecule is CCCC1CNC(C)(C)CN1C(C)CC. The smallest absolute Gasteiger partial charge is 0.0253 e. The fraction of sp³-hybridized carbons (Fsp3) is 1.00. The van der Waals surface area contributed by atoms with Gasteiger partial charge in [0, 0.05) is 30.7 Å². The minimum absolute atomic E-state index is 0.285. The molecule has 0 spiro atoms. The van der Waals surface area contributed by atoms with E-state index in [0.29, 0.717) is 0 Å². The minimum atomic E-state index is 0.285. The van der Waals surface area contributed by atoms with Gasteiger partial charge < -0.3 is 5.32 Å². The van der Waals surface area contributed by atoms with Gasteiger partial charge in [-0.3, -0.25) is 4.90 Å². The molecule has 0 aromatic carbocycles. The van der Waals surface area contributed by atoms with Crippen molar-refractivity contribution >= 4 is 0 Å². The van der Waals surface area contributed by atoms with Crippen molar-refractivity contribution in [1.29, 1.82) is 0 Å². The van der Waals surface area contributed by atoms with Gasteiger partial charge in [-0.05, 0) is 33.6 Å². The zero-order valence-corrected chi connectivity index (χ0v) is 11.1. The summed E-state index contributed by atoms with van der Waals surface area (Å²) in [5.41, 5.74) is 0.285. The lowest BCUT2D eigenvalue weighted by molar-refractivity contribution is 0.0542. The van der Waals surface area contributed by atoms with Gasteiger partial charge in [-0.15, -0.1) is 0 Å². The lowest BCUT2D eigenvalue weighted by Crippen LogP contribution is -2.63. The standard InChI is InChI=1S/C13H28N2/c1-6-8-12-9-14-13(4,5)10-15(12)11(3)7-2/h11-12,14H,6-10H2,1-5H3. The molecule has 1 aliphatic rings. The van der Waals surface area contributed by atoms with Crippen molar-refractivity contribution in [3.63, 3.8) is 0 Å². The second-order valence-electron chi connectivity index (χ2n) is 5.64. The first-order valence-corrected chi connectivity index (χ1v) is 6.51. The van der Waals surface area contributed by atoms with Gasteiger partial charge in [0.1, 0.15) is 0 Å². The highest BCUT2D eigenvalue weighted by molar-refractivity contribution is 4.93. The maximum Gasteiger partial charge on any atom is 0.0253 e. The second kappa shape index (κ2) is 5.31. The molecule has 1 aliphatic heterocycles. The summed E-state index contributed by atoms with van der Waals surface area (Å²) >= 11 is 0. The van der Waals surface area contributed by atoms with Crippen molar-refractivity contribution in [2.75, 3.05) is 13.1 Å². The molecule has 2 unspecified atom stereocenters. The first kappa shape index (κ1) is 13.0. The van der Waals surface area contributed by atoms with Gasteiger partial charge in [0.05, 0.1) is 0 Å². The predicted octanol–water partition coefficient (Wildman–Crippen LogP) is 2.64. The Morgan fingerprint density at radius 2 is 2.07 bits per heavy atom. The van der Waals surface area contributed by atoms with Crippen molar-refractivity contribution in [3.05, 3.63) is 0 Å². The van der Waals surface area contributed by atoms with Gasteiger partial charge in [-0.1, -0.05) is 20.3 Å². The van der Waals surface area contributed by atoms with Crippen molar-refractivity contribution in [2.45, 2.75) is 71.5 Å². The van der Waals surface area contributed by atoms with Gasteiger partial charge >= 0.3 is 0 Å². The summed E-state index contributed by atoms with van der Waals surface area (Å²) in [6, 6.07) is 1.47. The van der Waals surface area contributed by atoms with E-state index in [2.05, 4.69) is 44.8 Å². The van der Waals surface area contributed by atoms with Crippen LogP contribution in [0, 0.1) is 0 Å². The molecule has 0 aliphatic carbocycles. The largest absolute Gasteiger partial charge is 0.309 e. The third-order valence-corrected chi connectivity index (χ3v) is 3.64. The monoisotopic (exact) mass is 212 g/mol. The van der Waals surface area contributed by atoms with E-state index in [1.807, 2.05) is 0 Å². The lowest BCUT2D eigenvalue weighted by Gasteiger charge is -2.47. The number of nitrogens with zero attached hydrogens (tertiary/aromatic N) is 1. The highest BCUT2D eigenvalue weighted by Crippen LogP contribution is 2.21. The normalized spacial score (nSPS) is 29.0. The summed E-state index contributed by atoms with van der Waals surface area (Å²) < 4.78 is 0. The van der Waals surface area contributed by atoms with Crippen LogP contribution in [-0.2, 0) is 0 Å². The summed E-state index contributed by atoms with van der Waals surface area (Å²) in [6.45, 7) is 13.9. The Morgan fingerprint density at radius 3 is 2.60 bits per heavy atom. The summed E-state index contributed by atoms with van der Waals surface area (Å²) in [7, 11) is 0. The molecule has 1 rings (SSSR count). The number of hydrogen-bond acceptors (Lipinski definition) is 2. The molecular formula is C13H28N2. The molecule has 0 bridgehead atoms. The summed E-state index contributed by atoms with van der Waals surface area (Å²) in [4.78, 5) is 2.71. The Balaban J connectivity index is 2.64. The molecule has 2 heteroatoms. The summed E-state index contributed by atoms with van der Waals surface area (Å²) in [6.07, 6.45) is 3.88. The van der Waals surface area contributed by atoms with Crippen LogP contribution in [0.2, 0.25) is 0 Å². The molecule has 2 nitrogen and oxygen atoms in total. The summed E-state index contributed by atoms with van der Waals surface area (Å²) in [5, 5.41) is 3.66. The van der Waals surface area contributed by atoms with Gasteiger partial charge in [-0.2, -0.15) is 0 Å². The van der Waals surface area contributed by atoms with Crippen LogP contribution in [0.3, 0.4) is 0 Å². The van der Waals surface area contributed by atoms with Crippen LogP contribution < -0.4 is 5.32 Å². The van der Waals surface area contributed by atoms with E-state index in [0.717, 1.165) is 18.6 Å². The van der Waals surface area contributed by atoms with Crippen molar-refractivity contribution in [2.24, 2.45) is 0 Å². The number of piperazine rings is 1. The zero-order valence-electron chi connectivity index (χ0n) is 11.1. The van der Waals surface area contributed by atoms with Crippen LogP contribution in [0.5, 0.6) is 0 Å². The van der Waals surface area contributed by atoms with Crippen molar-refractivity contribution in [1.82, 2.24) is 10.2 Å². The minimum Gasteiger partial charge on any atom is -0.309 e. The Labute approximate surface area is 95.4 Å². The maximum absolute atomic E-state index is 3.66. The topological polar surface area (TPSA) is 15.3 Å². The van der Waals surface area contributed by atoms with E-state index >= 15 is 0 Å². The third kappa shape index (κ3) is 3.46. The highest BCUT2D eigenvalue weighted by atomic mass is 15.3. The van der Waals surface area contributed by atoms with Gasteiger partial charge in [0.2, 0.25) is 0 Å². The van der Waals surface area contributed by atoms with E-state index in [-0.39, 0.29) is 5.54 Å². The fourth-order valence-corrected chi connectivity index (χ4v) is 2.50. The zero-order chi connectivity index (χ0) is 11.5. The molecule has 1 N–H and O–H groups in total. The van der Waals surface area contributed by atoms with E-state index in [4.69, 9.17) is 0 Å². The first-order valence-electron chi connectivity index (χ1n) is 6.51. The Kier molecular flexibility index (Phi) is 4.60. The average molecular weight is 212 g/mol. The molecule has 1 saturated heterocycles.